The van der Waals surface area contributed by atoms with Crippen molar-refractivity contribution < 1.29 is 14.3 Å². The van der Waals surface area contributed by atoms with Crippen molar-refractivity contribution in [3.63, 3.8) is 0 Å². The van der Waals surface area contributed by atoms with Crippen molar-refractivity contribution in [2.24, 2.45) is 4.99 Å². The molecule has 1 atom stereocenters. The topological polar surface area (TPSA) is 79.8 Å². The van der Waals surface area contributed by atoms with Crippen molar-refractivity contribution in [3.05, 3.63) is 24.3 Å². The summed E-state index contributed by atoms with van der Waals surface area (Å²) in [7, 11) is 1.59. The molecule has 0 radical (unpaired) electrons. The molecule has 0 unspecified atom stereocenters. The van der Waals surface area contributed by atoms with Gasteiger partial charge in [-0.25, -0.2) is 0 Å². The van der Waals surface area contributed by atoms with Crippen LogP contribution in [0.3, 0.4) is 0 Å². The predicted octanol–water partition coefficient (Wildman–Crippen LogP) is 1.63. The third-order valence-electron chi connectivity index (χ3n) is 2.78. The van der Waals surface area contributed by atoms with Gasteiger partial charge >= 0.3 is 0 Å². The number of methoxy groups -OCH3 is 1. The van der Waals surface area contributed by atoms with Crippen molar-refractivity contribution in [2.45, 2.75) is 19.4 Å². The number of rotatable bonds is 4. The molecule has 0 saturated heterocycles. The van der Waals surface area contributed by atoms with E-state index in [1.165, 1.54) is 11.8 Å². The first kappa shape index (κ1) is 15.4. The van der Waals surface area contributed by atoms with Gasteiger partial charge in [0.05, 0.1) is 18.9 Å². The zero-order valence-corrected chi connectivity index (χ0v) is 12.7. The van der Waals surface area contributed by atoms with Crippen LogP contribution in [0, 0.1) is 0 Å². The van der Waals surface area contributed by atoms with Gasteiger partial charge in [-0.05, 0) is 31.2 Å². The fourth-order valence-electron chi connectivity index (χ4n) is 1.80. The lowest BCUT2D eigenvalue weighted by Crippen LogP contribution is -2.36. The van der Waals surface area contributed by atoms with Crippen LogP contribution in [0.1, 0.15) is 13.3 Å². The number of ether oxygens (including phenoxy) is 1. The summed E-state index contributed by atoms with van der Waals surface area (Å²) in [6.45, 7) is 1.87. The number of aliphatic imine (C=N–C) groups is 1. The van der Waals surface area contributed by atoms with E-state index in [0.29, 0.717) is 17.3 Å². The molecule has 2 amide bonds. The number of amidine groups is 1. The van der Waals surface area contributed by atoms with Crippen molar-refractivity contribution in [2.75, 3.05) is 18.2 Å². The minimum Gasteiger partial charge on any atom is -0.497 e. The molecular formula is C14H17N3O3S. The standard InChI is InChI=1S/C14H17N3O3S/c1-9-7-12(18)17-14(15-9)21-8-13(19)16-10-3-5-11(20-2)6-4-10/h3-6,9H,7-8H2,1-2H3,(H,16,19)(H,15,17,18)/t9-/m1/s1. The van der Waals surface area contributed by atoms with E-state index >= 15 is 0 Å². The Bertz CT molecular complexity index is 557. The third kappa shape index (κ3) is 4.78. The normalized spacial score (nSPS) is 17.7. The summed E-state index contributed by atoms with van der Waals surface area (Å²) in [5.74, 6) is 0.712. The van der Waals surface area contributed by atoms with Crippen LogP contribution in [0.15, 0.2) is 29.3 Å². The van der Waals surface area contributed by atoms with Gasteiger partial charge in [0.15, 0.2) is 5.17 Å². The van der Waals surface area contributed by atoms with Gasteiger partial charge in [0.1, 0.15) is 5.75 Å². The number of amides is 2. The number of anilines is 1. The summed E-state index contributed by atoms with van der Waals surface area (Å²) in [5, 5.41) is 5.93. The van der Waals surface area contributed by atoms with Crippen LogP contribution >= 0.6 is 11.8 Å². The second-order valence-corrected chi connectivity index (χ2v) is 5.56. The number of carbonyl (C=O) groups is 2. The maximum atomic E-state index is 11.8. The molecular weight excluding hydrogens is 290 g/mol. The molecule has 2 rings (SSSR count). The van der Waals surface area contributed by atoms with Gasteiger partial charge in [-0.15, -0.1) is 0 Å². The maximum Gasteiger partial charge on any atom is 0.234 e. The number of thioether (sulfide) groups is 1. The van der Waals surface area contributed by atoms with Crippen LogP contribution in [-0.2, 0) is 9.59 Å². The monoisotopic (exact) mass is 307 g/mol. The molecule has 0 spiro atoms. The van der Waals surface area contributed by atoms with E-state index in [2.05, 4.69) is 15.6 Å². The van der Waals surface area contributed by atoms with E-state index in [0.717, 1.165) is 5.75 Å². The highest BCUT2D eigenvalue weighted by atomic mass is 32.2. The number of nitrogens with zero attached hydrogens (tertiary/aromatic N) is 1. The van der Waals surface area contributed by atoms with Crippen LogP contribution in [-0.4, -0.2) is 35.9 Å². The summed E-state index contributed by atoms with van der Waals surface area (Å²) in [4.78, 5) is 27.5. The number of hydrogen-bond acceptors (Lipinski definition) is 5. The van der Waals surface area contributed by atoms with Crippen LogP contribution < -0.4 is 15.4 Å². The van der Waals surface area contributed by atoms with E-state index in [1.807, 2.05) is 6.92 Å². The van der Waals surface area contributed by atoms with Gasteiger partial charge in [-0.3, -0.25) is 14.6 Å². The molecule has 112 valence electrons. The fourth-order valence-corrected chi connectivity index (χ4v) is 2.58. The van der Waals surface area contributed by atoms with Crippen LogP contribution in [0.5, 0.6) is 5.75 Å². The highest BCUT2D eigenvalue weighted by molar-refractivity contribution is 8.14. The summed E-state index contributed by atoms with van der Waals surface area (Å²) in [6.07, 6.45) is 0.391. The molecule has 7 heteroatoms. The third-order valence-corrected chi connectivity index (χ3v) is 3.67. The van der Waals surface area contributed by atoms with Gasteiger partial charge in [0.2, 0.25) is 11.8 Å². The van der Waals surface area contributed by atoms with E-state index < -0.39 is 0 Å². The molecule has 1 aliphatic rings. The zero-order valence-electron chi connectivity index (χ0n) is 11.9. The van der Waals surface area contributed by atoms with Crippen molar-refractivity contribution in [1.29, 1.82) is 0 Å². The average molecular weight is 307 g/mol. The van der Waals surface area contributed by atoms with Gasteiger partial charge in [0.25, 0.3) is 0 Å². The minimum atomic E-state index is -0.152. The first-order valence-electron chi connectivity index (χ1n) is 6.51. The van der Waals surface area contributed by atoms with Crippen LogP contribution in [0.2, 0.25) is 0 Å². The van der Waals surface area contributed by atoms with Crippen LogP contribution in [0.4, 0.5) is 5.69 Å². The first-order chi connectivity index (χ1) is 10.1. The predicted molar refractivity (Wildman–Crippen MR) is 83.7 cm³/mol. The van der Waals surface area contributed by atoms with Gasteiger partial charge in [0, 0.05) is 12.1 Å². The van der Waals surface area contributed by atoms with Crippen LogP contribution in [0.25, 0.3) is 0 Å². The molecule has 1 aliphatic heterocycles. The number of benzene rings is 1. The molecule has 1 heterocycles. The Kier molecular flexibility index (Phi) is 5.21. The molecule has 2 N–H and O–H groups in total. The fraction of sp³-hybridized carbons (Fsp3) is 0.357. The second kappa shape index (κ2) is 7.12. The van der Waals surface area contributed by atoms with Gasteiger partial charge in [-0.2, -0.15) is 0 Å². The lowest BCUT2D eigenvalue weighted by molar-refractivity contribution is -0.120. The van der Waals surface area contributed by atoms with Gasteiger partial charge < -0.3 is 15.4 Å². The summed E-state index contributed by atoms with van der Waals surface area (Å²) in [6, 6.07) is 7.05. The number of hydrogen-bond donors (Lipinski definition) is 2. The Balaban J connectivity index is 1.83. The largest absolute Gasteiger partial charge is 0.497 e. The number of carbonyl (C=O) groups excluding carboxylic acids is 2. The van der Waals surface area contributed by atoms with E-state index in [9.17, 15) is 9.59 Å². The highest BCUT2D eigenvalue weighted by Gasteiger charge is 2.18. The molecule has 6 nitrogen and oxygen atoms in total. The molecule has 0 fully saturated rings. The Hall–Kier alpha value is -2.02. The van der Waals surface area contributed by atoms with E-state index in [1.54, 1.807) is 31.4 Å². The number of nitrogens with one attached hydrogen (secondary N) is 2. The molecule has 0 saturated carbocycles. The summed E-state index contributed by atoms with van der Waals surface area (Å²) < 4.78 is 5.05. The van der Waals surface area contributed by atoms with Crippen molar-refractivity contribution in [1.82, 2.24) is 5.32 Å². The van der Waals surface area contributed by atoms with Gasteiger partial charge in [-0.1, -0.05) is 11.8 Å². The Morgan fingerprint density at radius 2 is 2.19 bits per heavy atom. The Morgan fingerprint density at radius 3 is 2.81 bits per heavy atom. The zero-order chi connectivity index (χ0) is 15.2. The quantitative estimate of drug-likeness (QED) is 0.886. The first-order valence-corrected chi connectivity index (χ1v) is 7.49. The van der Waals surface area contributed by atoms with Crippen molar-refractivity contribution >= 4 is 34.4 Å². The lowest BCUT2D eigenvalue weighted by atomic mass is 10.2. The highest BCUT2D eigenvalue weighted by Crippen LogP contribution is 2.16. The molecule has 1 aromatic carbocycles. The molecule has 0 bridgehead atoms. The lowest BCUT2D eigenvalue weighted by Gasteiger charge is -2.17. The Labute approximate surface area is 127 Å². The average Bonchev–Trinajstić information content (AvgIpc) is 2.45. The maximum absolute atomic E-state index is 11.8. The Morgan fingerprint density at radius 1 is 1.48 bits per heavy atom. The molecule has 21 heavy (non-hydrogen) atoms. The SMILES string of the molecule is COc1ccc(NC(=O)CSC2=N[C@H](C)CC(=O)N2)cc1. The summed E-state index contributed by atoms with van der Waals surface area (Å²) >= 11 is 1.22. The summed E-state index contributed by atoms with van der Waals surface area (Å²) in [5.41, 5.74) is 0.699. The van der Waals surface area contributed by atoms with E-state index in [-0.39, 0.29) is 23.6 Å². The smallest absolute Gasteiger partial charge is 0.234 e. The molecule has 0 aliphatic carbocycles. The molecule has 1 aromatic rings. The minimum absolute atomic E-state index is 0.0362. The van der Waals surface area contributed by atoms with E-state index in [4.69, 9.17) is 4.74 Å². The second-order valence-electron chi connectivity index (χ2n) is 4.60. The van der Waals surface area contributed by atoms with Crippen molar-refractivity contribution in [3.8, 4) is 5.75 Å². The molecule has 0 aromatic heterocycles.